The molecule has 1 aromatic heterocycles. The monoisotopic (exact) mass is 586 g/mol. The number of sulfonamides is 1. The molecule has 2 saturated heterocycles. The van der Waals surface area contributed by atoms with E-state index in [9.17, 15) is 18.0 Å². The van der Waals surface area contributed by atoms with Crippen molar-refractivity contribution in [3.05, 3.63) is 45.8 Å². The van der Waals surface area contributed by atoms with E-state index in [2.05, 4.69) is 31.0 Å². The van der Waals surface area contributed by atoms with E-state index in [1.807, 2.05) is 4.90 Å². The molecule has 218 valence electrons. The second-order valence-corrected chi connectivity index (χ2v) is 14.9. The molecule has 0 bridgehead atoms. The van der Waals surface area contributed by atoms with Crippen LogP contribution in [0, 0.1) is 11.8 Å². The summed E-state index contributed by atoms with van der Waals surface area (Å²) < 4.78 is 28.1. The second kappa shape index (κ2) is 12.3. The van der Waals surface area contributed by atoms with Crippen LogP contribution >= 0.6 is 11.3 Å². The van der Waals surface area contributed by atoms with Crippen LogP contribution in [0.3, 0.4) is 0 Å². The van der Waals surface area contributed by atoms with Crippen LogP contribution in [0.5, 0.6) is 0 Å². The average Bonchev–Trinajstić information content (AvgIpc) is 3.29. The summed E-state index contributed by atoms with van der Waals surface area (Å²) in [5.74, 6) is 0.316. The highest BCUT2D eigenvalue weighted by molar-refractivity contribution is 7.89. The van der Waals surface area contributed by atoms with Gasteiger partial charge in [0.15, 0.2) is 0 Å². The summed E-state index contributed by atoms with van der Waals surface area (Å²) in [6.07, 6.45) is 6.06. The standard InChI is InChI=1S/C30H42N4O4S2/c1-4-13-32-16-12-25-26(20-32)39-29(27(25)30(36)33-14-6-5-7-15-33)31-28(35)23-8-10-24(11-9-23)40(37,38)34-18-21(2)17-22(3)19-34/h8-11,21-22H,4-7,12-20H2,1-3H3,(H,31,35). The van der Waals surface area contributed by atoms with Gasteiger partial charge in [-0.25, -0.2) is 8.42 Å². The maximum Gasteiger partial charge on any atom is 0.257 e. The van der Waals surface area contributed by atoms with Crippen LogP contribution in [0.4, 0.5) is 5.00 Å². The highest BCUT2D eigenvalue weighted by atomic mass is 32.2. The molecular weight excluding hydrogens is 544 g/mol. The number of thiophene rings is 1. The van der Waals surface area contributed by atoms with Gasteiger partial charge in [0.05, 0.1) is 10.5 Å². The lowest BCUT2D eigenvalue weighted by molar-refractivity contribution is 0.0724. The van der Waals surface area contributed by atoms with E-state index in [0.717, 1.165) is 81.7 Å². The van der Waals surface area contributed by atoms with E-state index < -0.39 is 10.0 Å². The zero-order chi connectivity index (χ0) is 28.4. The van der Waals surface area contributed by atoms with E-state index in [4.69, 9.17) is 0 Å². The molecule has 2 fully saturated rings. The zero-order valence-electron chi connectivity index (χ0n) is 23.9. The van der Waals surface area contributed by atoms with Gasteiger partial charge in [0.2, 0.25) is 10.0 Å². The molecule has 10 heteroatoms. The van der Waals surface area contributed by atoms with Crippen molar-refractivity contribution in [3.63, 3.8) is 0 Å². The van der Waals surface area contributed by atoms with Crippen molar-refractivity contribution in [2.45, 2.75) is 70.7 Å². The highest BCUT2D eigenvalue weighted by Gasteiger charge is 2.33. The maximum absolute atomic E-state index is 13.7. The zero-order valence-corrected chi connectivity index (χ0v) is 25.6. The Morgan fingerprint density at radius 1 is 1.00 bits per heavy atom. The Kier molecular flexibility index (Phi) is 8.99. The lowest BCUT2D eigenvalue weighted by atomic mass is 9.94. The Balaban J connectivity index is 1.37. The van der Waals surface area contributed by atoms with Gasteiger partial charge in [-0.2, -0.15) is 4.31 Å². The van der Waals surface area contributed by atoms with Gasteiger partial charge in [-0.1, -0.05) is 20.8 Å². The molecule has 1 aromatic carbocycles. The van der Waals surface area contributed by atoms with Crippen molar-refractivity contribution in [1.29, 1.82) is 0 Å². The van der Waals surface area contributed by atoms with Gasteiger partial charge >= 0.3 is 0 Å². The molecule has 0 spiro atoms. The fraction of sp³-hybridized carbons (Fsp3) is 0.600. The number of likely N-dealkylation sites (tertiary alicyclic amines) is 1. The number of hydrogen-bond acceptors (Lipinski definition) is 6. The topological polar surface area (TPSA) is 90.0 Å². The Morgan fingerprint density at radius 2 is 1.68 bits per heavy atom. The van der Waals surface area contributed by atoms with Crippen LogP contribution in [0.25, 0.3) is 0 Å². The molecule has 2 aromatic rings. The number of carbonyl (C=O) groups excluding carboxylic acids is 2. The maximum atomic E-state index is 13.7. The molecule has 0 aliphatic carbocycles. The number of fused-ring (bicyclic) bond motifs is 1. The predicted octanol–water partition coefficient (Wildman–Crippen LogP) is 5.06. The van der Waals surface area contributed by atoms with Crippen molar-refractivity contribution in [1.82, 2.24) is 14.1 Å². The quantitative estimate of drug-likeness (QED) is 0.490. The summed E-state index contributed by atoms with van der Waals surface area (Å²) in [6, 6.07) is 6.19. The first kappa shape index (κ1) is 29.2. The number of amides is 2. The molecule has 5 rings (SSSR count). The Bertz CT molecular complexity index is 1320. The van der Waals surface area contributed by atoms with Gasteiger partial charge in [-0.05, 0) is 86.7 Å². The van der Waals surface area contributed by atoms with Gasteiger partial charge in [-0.15, -0.1) is 11.3 Å². The number of benzene rings is 1. The van der Waals surface area contributed by atoms with E-state index in [-0.39, 0.29) is 16.7 Å². The molecule has 0 saturated carbocycles. The molecule has 4 heterocycles. The summed E-state index contributed by atoms with van der Waals surface area (Å²) >= 11 is 1.51. The van der Waals surface area contributed by atoms with E-state index in [1.165, 1.54) is 23.5 Å². The molecule has 2 amide bonds. The number of anilines is 1. The average molecular weight is 587 g/mol. The molecule has 1 N–H and O–H groups in total. The third kappa shape index (κ3) is 6.15. The minimum atomic E-state index is -3.62. The van der Waals surface area contributed by atoms with Crippen molar-refractivity contribution >= 4 is 38.2 Å². The van der Waals surface area contributed by atoms with Crippen LogP contribution in [0.2, 0.25) is 0 Å². The smallest absolute Gasteiger partial charge is 0.257 e. The molecule has 2 unspecified atom stereocenters. The van der Waals surface area contributed by atoms with Crippen LogP contribution in [-0.4, -0.2) is 73.6 Å². The predicted molar refractivity (Wildman–Crippen MR) is 159 cm³/mol. The first-order valence-corrected chi connectivity index (χ1v) is 17.0. The van der Waals surface area contributed by atoms with Crippen LogP contribution in [0.15, 0.2) is 29.2 Å². The Hall–Kier alpha value is -2.27. The lowest BCUT2D eigenvalue weighted by Crippen LogP contribution is -2.42. The third-order valence-corrected chi connectivity index (χ3v) is 11.3. The fourth-order valence-corrected chi connectivity index (χ4v) is 9.39. The molecule has 8 nitrogen and oxygen atoms in total. The van der Waals surface area contributed by atoms with Crippen molar-refractivity contribution < 1.29 is 18.0 Å². The number of rotatable bonds is 7. The number of nitrogens with zero attached hydrogens (tertiary/aromatic N) is 3. The number of hydrogen-bond donors (Lipinski definition) is 1. The molecule has 2 atom stereocenters. The molecular formula is C30H42N4O4S2. The summed E-state index contributed by atoms with van der Waals surface area (Å²) in [7, 11) is -3.62. The van der Waals surface area contributed by atoms with E-state index >= 15 is 0 Å². The summed E-state index contributed by atoms with van der Waals surface area (Å²) in [4.78, 5) is 32.8. The first-order chi connectivity index (χ1) is 19.2. The van der Waals surface area contributed by atoms with E-state index in [1.54, 1.807) is 16.4 Å². The van der Waals surface area contributed by atoms with Crippen molar-refractivity contribution in [2.24, 2.45) is 11.8 Å². The van der Waals surface area contributed by atoms with E-state index in [0.29, 0.717) is 41.1 Å². The first-order valence-electron chi connectivity index (χ1n) is 14.7. The lowest BCUT2D eigenvalue weighted by Gasteiger charge is -2.34. The third-order valence-electron chi connectivity index (χ3n) is 8.35. The summed E-state index contributed by atoms with van der Waals surface area (Å²) in [5.41, 5.74) is 2.10. The van der Waals surface area contributed by atoms with Gasteiger partial charge in [-0.3, -0.25) is 14.5 Å². The number of nitrogens with one attached hydrogen (secondary N) is 1. The van der Waals surface area contributed by atoms with Gasteiger partial charge in [0, 0.05) is 49.7 Å². The molecule has 3 aliphatic heterocycles. The number of carbonyl (C=O) groups is 2. The Morgan fingerprint density at radius 3 is 2.33 bits per heavy atom. The minimum absolute atomic E-state index is 0.0165. The molecule has 40 heavy (non-hydrogen) atoms. The van der Waals surface area contributed by atoms with Gasteiger partial charge in [0.25, 0.3) is 11.8 Å². The van der Waals surface area contributed by atoms with Crippen LogP contribution in [-0.2, 0) is 23.0 Å². The van der Waals surface area contributed by atoms with Gasteiger partial charge < -0.3 is 10.2 Å². The second-order valence-electron chi connectivity index (χ2n) is 11.8. The normalized spacial score (nSPS) is 22.6. The molecule has 3 aliphatic rings. The van der Waals surface area contributed by atoms with Crippen LogP contribution < -0.4 is 5.32 Å². The minimum Gasteiger partial charge on any atom is -0.339 e. The van der Waals surface area contributed by atoms with Crippen LogP contribution in [0.1, 0.15) is 84.0 Å². The summed E-state index contributed by atoms with van der Waals surface area (Å²) in [5, 5.41) is 3.65. The highest BCUT2D eigenvalue weighted by Crippen LogP contribution is 2.39. The largest absolute Gasteiger partial charge is 0.339 e. The molecule has 0 radical (unpaired) electrons. The van der Waals surface area contributed by atoms with Crippen molar-refractivity contribution in [2.75, 3.05) is 44.6 Å². The Labute approximate surface area is 242 Å². The van der Waals surface area contributed by atoms with Gasteiger partial charge in [0.1, 0.15) is 5.00 Å². The SMILES string of the molecule is CCCN1CCc2c(sc(NC(=O)c3ccc(S(=O)(=O)N4CC(C)CC(C)C4)cc3)c2C(=O)N2CCCCC2)C1. The van der Waals surface area contributed by atoms with Crippen molar-refractivity contribution in [3.8, 4) is 0 Å². The number of piperidine rings is 2. The fourth-order valence-electron chi connectivity index (χ4n) is 6.44. The summed E-state index contributed by atoms with van der Waals surface area (Å²) in [6.45, 7) is 11.6.